The molecule has 1 amide bonds. The lowest BCUT2D eigenvalue weighted by Crippen LogP contribution is -2.14. The third kappa shape index (κ3) is 2.67. The monoisotopic (exact) mass is 376 g/mol. The number of nitrogens with zero attached hydrogens (tertiary/aromatic N) is 1. The molecule has 1 aromatic carbocycles. The summed E-state index contributed by atoms with van der Waals surface area (Å²) >= 11 is 7.98. The molecule has 0 bridgehead atoms. The molecule has 0 radical (unpaired) electrons. The normalized spacial score (nSPS) is 10.4. The van der Waals surface area contributed by atoms with Gasteiger partial charge in [-0.3, -0.25) is 4.79 Å². The molecule has 2 rings (SSSR count). The average Bonchev–Trinajstić information content (AvgIpc) is 2.62. The Morgan fingerprint density at radius 2 is 2.17 bits per heavy atom. The van der Waals surface area contributed by atoms with Crippen molar-refractivity contribution in [2.45, 2.75) is 13.8 Å². The fourth-order valence-corrected chi connectivity index (χ4v) is 2.59. The Kier molecular flexibility index (Phi) is 3.91. The van der Waals surface area contributed by atoms with Crippen molar-refractivity contribution in [1.29, 1.82) is 0 Å². The van der Waals surface area contributed by atoms with E-state index in [4.69, 9.17) is 16.1 Å². The van der Waals surface area contributed by atoms with Crippen molar-refractivity contribution in [2.24, 2.45) is 0 Å². The molecule has 4 nitrogen and oxygen atoms in total. The van der Waals surface area contributed by atoms with E-state index in [1.807, 2.05) is 0 Å². The van der Waals surface area contributed by atoms with E-state index in [0.717, 1.165) is 3.57 Å². The van der Waals surface area contributed by atoms with Crippen molar-refractivity contribution < 1.29 is 9.32 Å². The van der Waals surface area contributed by atoms with Gasteiger partial charge in [0.15, 0.2) is 0 Å². The first-order chi connectivity index (χ1) is 8.49. The molecule has 18 heavy (non-hydrogen) atoms. The van der Waals surface area contributed by atoms with Crippen molar-refractivity contribution in [2.75, 3.05) is 5.32 Å². The Labute approximate surface area is 123 Å². The summed E-state index contributed by atoms with van der Waals surface area (Å²) in [6, 6.07) is 5.28. The average molecular weight is 377 g/mol. The minimum absolute atomic E-state index is 0.230. The number of amides is 1. The Hall–Kier alpha value is -1.08. The summed E-state index contributed by atoms with van der Waals surface area (Å²) < 4.78 is 5.84. The van der Waals surface area contributed by atoms with Gasteiger partial charge < -0.3 is 9.84 Å². The lowest BCUT2D eigenvalue weighted by molar-refractivity contribution is 0.102. The molecular formula is C12H10ClIN2O2. The molecule has 94 valence electrons. The van der Waals surface area contributed by atoms with Crippen molar-refractivity contribution in [1.82, 2.24) is 5.16 Å². The van der Waals surface area contributed by atoms with Crippen LogP contribution in [0.25, 0.3) is 0 Å². The molecule has 0 atom stereocenters. The Morgan fingerprint density at radius 3 is 2.72 bits per heavy atom. The van der Waals surface area contributed by atoms with Crippen molar-refractivity contribution in [3.05, 3.63) is 43.8 Å². The summed E-state index contributed by atoms with van der Waals surface area (Å²) in [7, 11) is 0. The molecule has 1 heterocycles. The predicted molar refractivity (Wildman–Crippen MR) is 78.1 cm³/mol. The number of benzene rings is 1. The zero-order valence-electron chi connectivity index (χ0n) is 9.75. The number of rotatable bonds is 2. The van der Waals surface area contributed by atoms with Crippen LogP contribution in [0.15, 0.2) is 22.7 Å². The highest BCUT2D eigenvalue weighted by Crippen LogP contribution is 2.23. The van der Waals surface area contributed by atoms with Crippen LogP contribution in [0.1, 0.15) is 21.8 Å². The first kappa shape index (κ1) is 13.4. The van der Waals surface area contributed by atoms with Crippen LogP contribution in [0.3, 0.4) is 0 Å². The maximum atomic E-state index is 12.1. The first-order valence-corrected chi connectivity index (χ1v) is 6.64. The van der Waals surface area contributed by atoms with E-state index in [1.54, 1.807) is 32.0 Å². The van der Waals surface area contributed by atoms with Gasteiger partial charge in [-0.15, -0.1) is 0 Å². The van der Waals surface area contributed by atoms with Crippen LogP contribution in [-0.4, -0.2) is 11.1 Å². The van der Waals surface area contributed by atoms with Crippen LogP contribution in [0, 0.1) is 17.4 Å². The fraction of sp³-hybridized carbons (Fsp3) is 0.167. The molecule has 0 aliphatic rings. The molecule has 1 aromatic heterocycles. The molecule has 0 saturated heterocycles. The van der Waals surface area contributed by atoms with E-state index in [9.17, 15) is 4.79 Å². The van der Waals surface area contributed by atoms with Gasteiger partial charge in [-0.2, -0.15) is 0 Å². The topological polar surface area (TPSA) is 55.1 Å². The second-order valence-corrected chi connectivity index (χ2v) is 5.38. The van der Waals surface area contributed by atoms with Crippen LogP contribution in [0.4, 0.5) is 5.69 Å². The number of carbonyl (C=O) groups is 1. The molecule has 0 unspecified atom stereocenters. The molecular weight excluding hydrogens is 367 g/mol. The predicted octanol–water partition coefficient (Wildman–Crippen LogP) is 3.80. The van der Waals surface area contributed by atoms with E-state index in [2.05, 4.69) is 33.1 Å². The third-order valence-electron chi connectivity index (χ3n) is 2.44. The van der Waals surface area contributed by atoms with Gasteiger partial charge in [0.05, 0.1) is 11.4 Å². The van der Waals surface area contributed by atoms with E-state index in [0.29, 0.717) is 27.7 Å². The highest BCUT2D eigenvalue weighted by Gasteiger charge is 2.18. The summed E-state index contributed by atoms with van der Waals surface area (Å²) in [6.07, 6.45) is 0. The van der Waals surface area contributed by atoms with Crippen LogP contribution in [0.5, 0.6) is 0 Å². The Morgan fingerprint density at radius 1 is 1.44 bits per heavy atom. The number of carbonyl (C=O) groups excluding carboxylic acids is 1. The number of halogens is 2. The highest BCUT2D eigenvalue weighted by atomic mass is 127. The van der Waals surface area contributed by atoms with Crippen LogP contribution in [0.2, 0.25) is 5.02 Å². The Balaban J connectivity index is 2.27. The molecule has 0 saturated carbocycles. The molecule has 0 fully saturated rings. The fourth-order valence-electron chi connectivity index (χ4n) is 1.58. The minimum Gasteiger partial charge on any atom is -0.361 e. The lowest BCUT2D eigenvalue weighted by Gasteiger charge is -2.07. The maximum absolute atomic E-state index is 12.1. The zero-order chi connectivity index (χ0) is 13.3. The van der Waals surface area contributed by atoms with Crippen LogP contribution in [-0.2, 0) is 0 Å². The van der Waals surface area contributed by atoms with Gasteiger partial charge in [-0.1, -0.05) is 16.8 Å². The molecule has 1 N–H and O–H groups in total. The Bertz CT molecular complexity index is 591. The summed E-state index contributed by atoms with van der Waals surface area (Å²) in [5, 5.41) is 7.21. The van der Waals surface area contributed by atoms with E-state index in [1.165, 1.54) is 0 Å². The highest BCUT2D eigenvalue weighted by molar-refractivity contribution is 14.1. The number of hydrogen-bond donors (Lipinski definition) is 1. The number of aryl methyl sites for hydroxylation is 2. The second-order valence-electron chi connectivity index (χ2n) is 3.78. The summed E-state index contributed by atoms with van der Waals surface area (Å²) in [5.41, 5.74) is 1.76. The minimum atomic E-state index is -0.230. The maximum Gasteiger partial charge on any atom is 0.261 e. The van der Waals surface area contributed by atoms with Gasteiger partial charge in [-0.05, 0) is 54.6 Å². The second kappa shape index (κ2) is 5.27. The van der Waals surface area contributed by atoms with Crippen molar-refractivity contribution in [3.63, 3.8) is 0 Å². The van der Waals surface area contributed by atoms with E-state index < -0.39 is 0 Å². The van der Waals surface area contributed by atoms with Gasteiger partial charge in [0.25, 0.3) is 5.91 Å². The SMILES string of the molecule is Cc1noc(C)c1C(=O)Nc1ccc(Cl)cc1I. The molecule has 0 aliphatic heterocycles. The van der Waals surface area contributed by atoms with Crippen molar-refractivity contribution >= 4 is 45.8 Å². The van der Waals surface area contributed by atoms with Gasteiger partial charge in [0.1, 0.15) is 11.3 Å². The largest absolute Gasteiger partial charge is 0.361 e. The van der Waals surface area contributed by atoms with Gasteiger partial charge in [0, 0.05) is 8.59 Å². The molecule has 0 spiro atoms. The molecule has 2 aromatic rings. The van der Waals surface area contributed by atoms with Crippen LogP contribution < -0.4 is 5.32 Å². The number of aromatic nitrogens is 1. The van der Waals surface area contributed by atoms with Gasteiger partial charge in [-0.25, -0.2) is 0 Å². The smallest absolute Gasteiger partial charge is 0.261 e. The van der Waals surface area contributed by atoms with Gasteiger partial charge >= 0.3 is 0 Å². The van der Waals surface area contributed by atoms with E-state index in [-0.39, 0.29) is 5.91 Å². The van der Waals surface area contributed by atoms with Crippen LogP contribution >= 0.6 is 34.2 Å². The number of anilines is 1. The summed E-state index contributed by atoms with van der Waals surface area (Å²) in [4.78, 5) is 12.1. The summed E-state index contributed by atoms with van der Waals surface area (Å²) in [5.74, 6) is 0.278. The van der Waals surface area contributed by atoms with Gasteiger partial charge in [0.2, 0.25) is 0 Å². The number of nitrogens with one attached hydrogen (secondary N) is 1. The standard InChI is InChI=1S/C12H10ClIN2O2/c1-6-11(7(2)18-16-6)12(17)15-10-4-3-8(13)5-9(10)14/h3-5H,1-2H3,(H,15,17). The lowest BCUT2D eigenvalue weighted by atomic mass is 10.2. The quantitative estimate of drug-likeness (QED) is 0.811. The first-order valence-electron chi connectivity index (χ1n) is 5.18. The third-order valence-corrected chi connectivity index (χ3v) is 3.57. The molecule has 0 aliphatic carbocycles. The van der Waals surface area contributed by atoms with E-state index >= 15 is 0 Å². The van der Waals surface area contributed by atoms with Crippen molar-refractivity contribution in [3.8, 4) is 0 Å². The zero-order valence-corrected chi connectivity index (χ0v) is 12.7. The number of hydrogen-bond acceptors (Lipinski definition) is 3. The molecule has 6 heteroatoms. The summed E-state index contributed by atoms with van der Waals surface area (Å²) in [6.45, 7) is 3.44.